The van der Waals surface area contributed by atoms with Gasteiger partial charge in [-0.05, 0) is 54.6 Å². The second-order valence-corrected chi connectivity index (χ2v) is 8.35. The predicted octanol–water partition coefficient (Wildman–Crippen LogP) is 7.77. The summed E-state index contributed by atoms with van der Waals surface area (Å²) >= 11 is 24.5. The molecule has 4 rings (SSSR count). The third-order valence-corrected chi connectivity index (χ3v) is 5.53. The van der Waals surface area contributed by atoms with E-state index < -0.39 is 0 Å². The van der Waals surface area contributed by atoms with Gasteiger partial charge in [0.1, 0.15) is 11.3 Å². The van der Waals surface area contributed by atoms with E-state index in [4.69, 9.17) is 55.6 Å². The number of ether oxygens (including phenoxy) is 1. The molecule has 0 aliphatic heterocycles. The molecule has 0 saturated carbocycles. The number of oxazole rings is 1. The molecule has 9 heteroatoms. The number of amides is 1. The maximum atomic E-state index is 12.5. The van der Waals surface area contributed by atoms with Crippen LogP contribution in [-0.2, 0) is 4.79 Å². The molecule has 1 heterocycles. The largest absolute Gasteiger partial charge is 0.495 e. The SMILES string of the molecule is COc1c(Cl)cc(Cl)cc1/C=C/C(=O)Nc1ccc(Cl)c(-c2nc3cc(Cl)ccc3o2)c1. The number of aromatic nitrogens is 1. The number of halogens is 4. The number of nitrogens with zero attached hydrogens (tertiary/aromatic N) is 1. The Balaban J connectivity index is 1.57. The van der Waals surface area contributed by atoms with Crippen LogP contribution in [0.3, 0.4) is 0 Å². The van der Waals surface area contributed by atoms with E-state index in [2.05, 4.69) is 10.3 Å². The van der Waals surface area contributed by atoms with Gasteiger partial charge in [0.15, 0.2) is 5.58 Å². The van der Waals surface area contributed by atoms with Crippen molar-refractivity contribution in [3.8, 4) is 17.2 Å². The lowest BCUT2D eigenvalue weighted by molar-refractivity contribution is -0.111. The van der Waals surface area contributed by atoms with Crippen molar-refractivity contribution in [2.75, 3.05) is 12.4 Å². The van der Waals surface area contributed by atoms with Gasteiger partial charge >= 0.3 is 0 Å². The van der Waals surface area contributed by atoms with E-state index in [1.165, 1.54) is 13.2 Å². The fraction of sp³-hybridized carbons (Fsp3) is 0.0435. The number of fused-ring (bicyclic) bond motifs is 1. The molecule has 4 aromatic rings. The van der Waals surface area contributed by atoms with Crippen LogP contribution in [-0.4, -0.2) is 18.0 Å². The maximum Gasteiger partial charge on any atom is 0.248 e. The second kappa shape index (κ2) is 9.43. The molecule has 5 nitrogen and oxygen atoms in total. The summed E-state index contributed by atoms with van der Waals surface area (Å²) in [6.45, 7) is 0. The molecule has 1 aromatic heterocycles. The number of benzene rings is 3. The Kier molecular flexibility index (Phi) is 6.63. The van der Waals surface area contributed by atoms with Gasteiger partial charge in [-0.3, -0.25) is 4.79 Å². The first kappa shape index (κ1) is 22.5. The molecular weight excluding hydrogens is 494 g/mol. The van der Waals surface area contributed by atoms with Gasteiger partial charge < -0.3 is 14.5 Å². The Bertz CT molecular complexity index is 1370. The Morgan fingerprint density at radius 1 is 1.00 bits per heavy atom. The molecule has 0 unspecified atom stereocenters. The Morgan fingerprint density at radius 3 is 2.59 bits per heavy atom. The average Bonchev–Trinajstić information content (AvgIpc) is 3.16. The highest BCUT2D eigenvalue weighted by atomic mass is 35.5. The normalized spacial score (nSPS) is 11.3. The fourth-order valence-electron chi connectivity index (χ4n) is 3.05. The number of carbonyl (C=O) groups excluding carboxylic acids is 1. The molecule has 1 amide bonds. The standard InChI is InChI=1S/C23H14Cl4N2O3/c1-31-22-12(8-14(25)9-18(22)27)2-7-21(30)28-15-4-5-17(26)16(11-15)23-29-19-10-13(24)3-6-20(19)32-23/h2-11H,1H3,(H,28,30)/b7-2+. The van der Waals surface area contributed by atoms with Gasteiger partial charge in [0.25, 0.3) is 0 Å². The number of carbonyl (C=O) groups is 1. The van der Waals surface area contributed by atoms with Crippen LogP contribution in [0.5, 0.6) is 5.75 Å². The molecule has 0 atom stereocenters. The summed E-state index contributed by atoms with van der Waals surface area (Å²) in [5, 5.41) is 4.53. The van der Waals surface area contributed by atoms with E-state index in [9.17, 15) is 4.79 Å². The highest BCUT2D eigenvalue weighted by Gasteiger charge is 2.14. The Labute approximate surface area is 203 Å². The lowest BCUT2D eigenvalue weighted by Crippen LogP contribution is -2.07. The highest BCUT2D eigenvalue weighted by Crippen LogP contribution is 2.34. The molecular formula is C23H14Cl4N2O3. The van der Waals surface area contributed by atoms with Gasteiger partial charge in [-0.25, -0.2) is 4.98 Å². The first-order valence-electron chi connectivity index (χ1n) is 9.22. The van der Waals surface area contributed by atoms with E-state index in [-0.39, 0.29) is 5.91 Å². The van der Waals surface area contributed by atoms with Gasteiger partial charge in [0, 0.05) is 27.4 Å². The monoisotopic (exact) mass is 506 g/mol. The molecule has 1 N–H and O–H groups in total. The summed E-state index contributed by atoms with van der Waals surface area (Å²) in [5.74, 6) is 0.364. The van der Waals surface area contributed by atoms with Crippen LogP contribution < -0.4 is 10.1 Å². The maximum absolute atomic E-state index is 12.5. The van der Waals surface area contributed by atoms with Crippen molar-refractivity contribution >= 4 is 75.2 Å². The Morgan fingerprint density at radius 2 is 1.81 bits per heavy atom. The van der Waals surface area contributed by atoms with Gasteiger partial charge in [-0.1, -0.05) is 46.4 Å². The lowest BCUT2D eigenvalue weighted by Gasteiger charge is -2.08. The van der Waals surface area contributed by atoms with Crippen molar-refractivity contribution in [3.05, 3.63) is 80.3 Å². The molecule has 0 saturated heterocycles. The molecule has 0 aliphatic rings. The minimum atomic E-state index is -0.374. The van der Waals surface area contributed by atoms with E-state index in [1.807, 2.05) is 0 Å². The van der Waals surface area contributed by atoms with Crippen molar-refractivity contribution < 1.29 is 13.9 Å². The van der Waals surface area contributed by atoms with Crippen LogP contribution in [0.2, 0.25) is 20.1 Å². The van der Waals surface area contributed by atoms with E-state index in [1.54, 1.807) is 54.6 Å². The van der Waals surface area contributed by atoms with Crippen LogP contribution in [0.4, 0.5) is 5.69 Å². The molecule has 0 bridgehead atoms. The summed E-state index contributed by atoms with van der Waals surface area (Å²) < 4.78 is 11.1. The molecule has 0 spiro atoms. The summed E-state index contributed by atoms with van der Waals surface area (Å²) in [7, 11) is 1.49. The number of hydrogen-bond donors (Lipinski definition) is 1. The zero-order valence-electron chi connectivity index (χ0n) is 16.5. The van der Waals surface area contributed by atoms with Crippen molar-refractivity contribution in [3.63, 3.8) is 0 Å². The quantitative estimate of drug-likeness (QED) is 0.280. The molecule has 3 aromatic carbocycles. The topological polar surface area (TPSA) is 64.4 Å². The first-order valence-corrected chi connectivity index (χ1v) is 10.7. The van der Waals surface area contributed by atoms with E-state index in [0.717, 1.165) is 0 Å². The van der Waals surface area contributed by atoms with Crippen molar-refractivity contribution in [1.29, 1.82) is 0 Å². The molecule has 32 heavy (non-hydrogen) atoms. The summed E-state index contributed by atoms with van der Waals surface area (Å²) in [6.07, 6.45) is 2.91. The Hall–Kier alpha value is -2.70. The summed E-state index contributed by atoms with van der Waals surface area (Å²) in [6, 6.07) is 13.4. The third-order valence-electron chi connectivity index (χ3n) is 4.47. The number of nitrogens with one attached hydrogen (secondary N) is 1. The van der Waals surface area contributed by atoms with E-state index >= 15 is 0 Å². The van der Waals surface area contributed by atoms with Gasteiger partial charge in [-0.15, -0.1) is 0 Å². The van der Waals surface area contributed by atoms with Crippen LogP contribution in [0.25, 0.3) is 28.6 Å². The van der Waals surface area contributed by atoms with Crippen LogP contribution in [0.1, 0.15) is 5.56 Å². The third kappa shape index (κ3) is 4.87. The highest BCUT2D eigenvalue weighted by molar-refractivity contribution is 6.36. The van der Waals surface area contributed by atoms with Gasteiger partial charge in [0.2, 0.25) is 11.8 Å². The first-order chi connectivity index (χ1) is 15.3. The number of methoxy groups -OCH3 is 1. The predicted molar refractivity (Wildman–Crippen MR) is 130 cm³/mol. The lowest BCUT2D eigenvalue weighted by atomic mass is 10.1. The number of rotatable bonds is 5. The van der Waals surface area contributed by atoms with E-state index in [0.29, 0.717) is 59.6 Å². The number of hydrogen-bond acceptors (Lipinski definition) is 4. The zero-order chi connectivity index (χ0) is 22.8. The molecule has 0 fully saturated rings. The molecule has 162 valence electrons. The minimum Gasteiger partial charge on any atom is -0.495 e. The van der Waals surface area contributed by atoms with Crippen LogP contribution in [0, 0.1) is 0 Å². The minimum absolute atomic E-state index is 0.317. The fourth-order valence-corrected chi connectivity index (χ4v) is 4.00. The van der Waals surface area contributed by atoms with Crippen LogP contribution >= 0.6 is 46.4 Å². The smallest absolute Gasteiger partial charge is 0.248 e. The molecule has 0 aliphatic carbocycles. The molecule has 0 radical (unpaired) electrons. The van der Waals surface area contributed by atoms with Gasteiger partial charge in [0.05, 0.1) is 22.7 Å². The van der Waals surface area contributed by atoms with Gasteiger partial charge in [-0.2, -0.15) is 0 Å². The number of anilines is 1. The average molecular weight is 508 g/mol. The zero-order valence-corrected chi connectivity index (χ0v) is 19.5. The van der Waals surface area contributed by atoms with Crippen molar-refractivity contribution in [2.24, 2.45) is 0 Å². The summed E-state index contributed by atoms with van der Waals surface area (Å²) in [5.41, 5.74) is 2.80. The van der Waals surface area contributed by atoms with Crippen molar-refractivity contribution in [1.82, 2.24) is 4.98 Å². The van der Waals surface area contributed by atoms with Crippen LogP contribution in [0.15, 0.2) is 59.0 Å². The second-order valence-electron chi connectivity index (χ2n) is 6.66. The summed E-state index contributed by atoms with van der Waals surface area (Å²) in [4.78, 5) is 16.9. The van der Waals surface area contributed by atoms with Crippen molar-refractivity contribution in [2.45, 2.75) is 0 Å².